The molecule has 8 nitrogen and oxygen atoms in total. The summed E-state index contributed by atoms with van der Waals surface area (Å²) in [6.07, 6.45) is 3.35. The highest BCUT2D eigenvalue weighted by atomic mass is 16.2. The Kier molecular flexibility index (Phi) is 6.89. The molecule has 3 aromatic carbocycles. The Morgan fingerprint density at radius 3 is 2.30 bits per heavy atom. The van der Waals surface area contributed by atoms with Gasteiger partial charge in [-0.15, -0.1) is 5.10 Å². The summed E-state index contributed by atoms with van der Waals surface area (Å²) >= 11 is 0. The van der Waals surface area contributed by atoms with Crippen molar-refractivity contribution >= 4 is 5.91 Å². The highest BCUT2D eigenvalue weighted by Gasteiger charge is 2.18. The molecule has 0 radical (unpaired) electrons. The average Bonchev–Trinajstić information content (AvgIpc) is 3.57. The van der Waals surface area contributed by atoms with Crippen molar-refractivity contribution in [3.8, 4) is 22.5 Å². The molecule has 0 bridgehead atoms. The summed E-state index contributed by atoms with van der Waals surface area (Å²) in [5.74, 6) is 0.769. The van der Waals surface area contributed by atoms with E-state index in [1.54, 1.807) is 35.0 Å². The van der Waals surface area contributed by atoms with Gasteiger partial charge in [0.15, 0.2) is 5.82 Å². The molecule has 2 aromatic heterocycles. The number of rotatable bonds is 8. The topological polar surface area (TPSA) is 98.5 Å². The molecule has 0 spiro atoms. The fraction of sp³-hybridized carbons (Fsp3) is 0.207. The SMILES string of the molecule is CC(C)CCc1cn(C(=O)c2ccccc2)c(=O)n1Cc1ccc(-c2ccccc2-c2nnn[nH]2)cc1. The zero-order valence-corrected chi connectivity index (χ0v) is 20.8. The molecule has 0 unspecified atom stereocenters. The predicted octanol–water partition coefficient (Wildman–Crippen LogP) is 4.82. The second kappa shape index (κ2) is 10.6. The van der Waals surface area contributed by atoms with Crippen molar-refractivity contribution in [1.29, 1.82) is 0 Å². The van der Waals surface area contributed by atoms with Crippen LogP contribution in [0.5, 0.6) is 0 Å². The Labute approximate surface area is 214 Å². The Morgan fingerprint density at radius 2 is 1.62 bits per heavy atom. The molecule has 5 aromatic rings. The van der Waals surface area contributed by atoms with Gasteiger partial charge in [0.25, 0.3) is 5.91 Å². The van der Waals surface area contributed by atoms with E-state index >= 15 is 0 Å². The summed E-state index contributed by atoms with van der Waals surface area (Å²) in [6.45, 7) is 4.69. The lowest BCUT2D eigenvalue weighted by Gasteiger charge is -2.11. The first-order valence-corrected chi connectivity index (χ1v) is 12.3. The number of aromatic amines is 1. The molecule has 1 N–H and O–H groups in total. The van der Waals surface area contributed by atoms with Gasteiger partial charge in [-0.05, 0) is 58.0 Å². The highest BCUT2D eigenvalue weighted by molar-refractivity contribution is 5.95. The van der Waals surface area contributed by atoms with Gasteiger partial charge < -0.3 is 0 Å². The smallest absolute Gasteiger partial charge is 0.292 e. The number of carbonyl (C=O) groups is 1. The van der Waals surface area contributed by atoms with Crippen molar-refractivity contribution in [1.82, 2.24) is 29.8 Å². The van der Waals surface area contributed by atoms with Crippen molar-refractivity contribution < 1.29 is 4.79 Å². The van der Waals surface area contributed by atoms with Gasteiger partial charge in [-0.25, -0.2) is 14.5 Å². The van der Waals surface area contributed by atoms with E-state index < -0.39 is 0 Å². The van der Waals surface area contributed by atoms with Crippen LogP contribution in [0.25, 0.3) is 22.5 Å². The summed E-state index contributed by atoms with van der Waals surface area (Å²) in [6, 6.07) is 24.9. The lowest BCUT2D eigenvalue weighted by atomic mass is 9.98. The lowest BCUT2D eigenvalue weighted by Crippen LogP contribution is -2.30. The first-order valence-electron chi connectivity index (χ1n) is 12.3. The molecule has 5 rings (SSSR count). The van der Waals surface area contributed by atoms with Crippen LogP contribution in [-0.4, -0.2) is 35.7 Å². The molecule has 0 aliphatic carbocycles. The van der Waals surface area contributed by atoms with Gasteiger partial charge in [-0.1, -0.05) is 80.6 Å². The summed E-state index contributed by atoms with van der Waals surface area (Å²) in [7, 11) is 0. The van der Waals surface area contributed by atoms with Gasteiger partial charge >= 0.3 is 5.69 Å². The van der Waals surface area contributed by atoms with Crippen LogP contribution < -0.4 is 5.69 Å². The summed E-state index contributed by atoms with van der Waals surface area (Å²) in [4.78, 5) is 26.5. The van der Waals surface area contributed by atoms with E-state index in [1.807, 2.05) is 54.6 Å². The maximum atomic E-state index is 13.4. The van der Waals surface area contributed by atoms with Crippen LogP contribution >= 0.6 is 0 Å². The van der Waals surface area contributed by atoms with Gasteiger partial charge in [0.1, 0.15) is 0 Å². The standard InChI is InChI=1S/C29H28N6O2/c1-20(2)12-17-24-19-35(28(36)23-8-4-3-5-9-23)29(37)34(24)18-21-13-15-22(16-14-21)25-10-6-7-11-26(25)27-30-32-33-31-27/h3-11,13-16,19-20H,12,17-18H2,1-2H3,(H,30,31,32,33). The fourth-order valence-corrected chi connectivity index (χ4v) is 4.38. The minimum atomic E-state index is -0.320. The van der Waals surface area contributed by atoms with Crippen LogP contribution in [-0.2, 0) is 13.0 Å². The molecule has 186 valence electrons. The van der Waals surface area contributed by atoms with Crippen molar-refractivity contribution in [2.45, 2.75) is 33.2 Å². The van der Waals surface area contributed by atoms with Crippen molar-refractivity contribution in [2.24, 2.45) is 5.92 Å². The number of tetrazole rings is 1. The third-order valence-corrected chi connectivity index (χ3v) is 6.41. The Bertz CT molecular complexity index is 1550. The van der Waals surface area contributed by atoms with Gasteiger partial charge in [-0.3, -0.25) is 9.36 Å². The molecule has 0 saturated heterocycles. The van der Waals surface area contributed by atoms with Crippen molar-refractivity contribution in [3.05, 3.63) is 112 Å². The van der Waals surface area contributed by atoms with Crippen LogP contribution in [0, 0.1) is 5.92 Å². The largest absolute Gasteiger partial charge is 0.335 e. The second-order valence-electron chi connectivity index (χ2n) is 9.46. The lowest BCUT2D eigenvalue weighted by molar-refractivity contribution is 0.0955. The van der Waals surface area contributed by atoms with E-state index in [2.05, 4.69) is 34.5 Å². The number of aryl methyl sites for hydroxylation is 1. The molecule has 0 atom stereocenters. The number of aromatic nitrogens is 6. The average molecular weight is 493 g/mol. The number of hydrogen-bond donors (Lipinski definition) is 1. The van der Waals surface area contributed by atoms with E-state index in [1.165, 1.54) is 4.57 Å². The van der Waals surface area contributed by atoms with Gasteiger partial charge in [0.05, 0.1) is 6.54 Å². The van der Waals surface area contributed by atoms with Gasteiger partial charge in [0, 0.05) is 23.0 Å². The third-order valence-electron chi connectivity index (χ3n) is 6.41. The first kappa shape index (κ1) is 24.1. The minimum absolute atomic E-state index is 0.316. The fourth-order valence-electron chi connectivity index (χ4n) is 4.38. The third kappa shape index (κ3) is 5.18. The zero-order chi connectivity index (χ0) is 25.8. The van der Waals surface area contributed by atoms with E-state index in [9.17, 15) is 9.59 Å². The minimum Gasteiger partial charge on any atom is -0.292 e. The zero-order valence-electron chi connectivity index (χ0n) is 20.8. The maximum Gasteiger partial charge on any atom is 0.335 e. The van der Waals surface area contributed by atoms with Crippen LogP contribution in [0.2, 0.25) is 0 Å². The monoisotopic (exact) mass is 492 g/mol. The summed E-state index contributed by atoms with van der Waals surface area (Å²) < 4.78 is 2.95. The van der Waals surface area contributed by atoms with Gasteiger partial charge in [-0.2, -0.15) is 0 Å². The predicted molar refractivity (Wildman–Crippen MR) is 142 cm³/mol. The Morgan fingerprint density at radius 1 is 0.919 bits per heavy atom. The molecule has 0 fully saturated rings. The van der Waals surface area contributed by atoms with Crippen LogP contribution in [0.4, 0.5) is 0 Å². The molecule has 0 amide bonds. The number of hydrogen-bond acceptors (Lipinski definition) is 5. The van der Waals surface area contributed by atoms with Crippen LogP contribution in [0.3, 0.4) is 0 Å². The number of nitrogens with one attached hydrogen (secondary N) is 1. The molecular formula is C29H28N6O2. The molecule has 0 aliphatic rings. The number of benzene rings is 3. The Balaban J connectivity index is 1.46. The number of nitrogens with zero attached hydrogens (tertiary/aromatic N) is 5. The number of carbonyl (C=O) groups excluding carboxylic acids is 1. The molecular weight excluding hydrogens is 464 g/mol. The maximum absolute atomic E-state index is 13.4. The van der Waals surface area contributed by atoms with E-state index in [4.69, 9.17) is 0 Å². The molecule has 8 heteroatoms. The number of H-pyrrole nitrogens is 1. The van der Waals surface area contributed by atoms with E-state index in [-0.39, 0.29) is 11.6 Å². The molecule has 0 aliphatic heterocycles. The highest BCUT2D eigenvalue weighted by Crippen LogP contribution is 2.29. The van der Waals surface area contributed by atoms with Gasteiger partial charge in [0.2, 0.25) is 0 Å². The molecule has 0 saturated carbocycles. The normalized spacial score (nSPS) is 11.2. The quantitative estimate of drug-likeness (QED) is 0.335. The van der Waals surface area contributed by atoms with Crippen LogP contribution in [0.15, 0.2) is 89.9 Å². The Hall–Kier alpha value is -4.59. The second-order valence-corrected chi connectivity index (χ2v) is 9.46. The molecule has 2 heterocycles. The van der Waals surface area contributed by atoms with Crippen molar-refractivity contribution in [3.63, 3.8) is 0 Å². The van der Waals surface area contributed by atoms with Crippen LogP contribution in [0.1, 0.15) is 41.9 Å². The summed E-state index contributed by atoms with van der Waals surface area (Å²) in [5.41, 5.74) is 4.92. The molecule has 37 heavy (non-hydrogen) atoms. The van der Waals surface area contributed by atoms with Crippen molar-refractivity contribution in [2.75, 3.05) is 0 Å². The first-order chi connectivity index (χ1) is 18.0. The van der Waals surface area contributed by atoms with E-state index in [0.29, 0.717) is 23.9 Å². The summed E-state index contributed by atoms with van der Waals surface area (Å²) in [5, 5.41) is 14.3. The number of imidazole rings is 1. The van der Waals surface area contributed by atoms with E-state index in [0.717, 1.165) is 40.8 Å².